The van der Waals surface area contributed by atoms with Crippen LogP contribution in [-0.2, 0) is 9.53 Å². The van der Waals surface area contributed by atoms with Crippen LogP contribution in [0.5, 0.6) is 5.75 Å². The molecule has 0 spiro atoms. The van der Waals surface area contributed by atoms with E-state index in [2.05, 4.69) is 4.74 Å². The quantitative estimate of drug-likeness (QED) is 0.815. The second kappa shape index (κ2) is 6.47. The lowest BCUT2D eigenvalue weighted by molar-refractivity contribution is -0.141. The highest BCUT2D eigenvalue weighted by molar-refractivity contribution is 5.85. The number of carbonyl (C=O) groups excluding carboxylic acids is 1. The van der Waals surface area contributed by atoms with Gasteiger partial charge in [-0.2, -0.15) is 0 Å². The van der Waals surface area contributed by atoms with Crippen molar-refractivity contribution in [3.63, 3.8) is 0 Å². The number of nitrogens with two attached hydrogens (primary N) is 1. The van der Waals surface area contributed by atoms with Gasteiger partial charge in [0.15, 0.2) is 0 Å². The molecule has 0 bridgehead atoms. The number of phenolic OH excluding ortho intramolecular Hbond substituents is 1. The van der Waals surface area contributed by atoms with E-state index in [0.29, 0.717) is 0 Å². The van der Waals surface area contributed by atoms with Crippen LogP contribution in [0, 0.1) is 13.8 Å². The zero-order valence-electron chi connectivity index (χ0n) is 10.2. The van der Waals surface area contributed by atoms with Crippen molar-refractivity contribution in [1.29, 1.82) is 0 Å². The number of aromatic hydroxyl groups is 1. The van der Waals surface area contributed by atoms with E-state index in [-0.39, 0.29) is 30.5 Å². The van der Waals surface area contributed by atoms with Crippen LogP contribution < -0.4 is 5.73 Å². The van der Waals surface area contributed by atoms with Gasteiger partial charge < -0.3 is 15.6 Å². The van der Waals surface area contributed by atoms with Crippen molar-refractivity contribution in [2.75, 3.05) is 7.11 Å². The summed E-state index contributed by atoms with van der Waals surface area (Å²) in [6.45, 7) is 3.60. The lowest BCUT2D eigenvalue weighted by Crippen LogP contribution is -2.16. The molecule has 0 aliphatic rings. The number of rotatable bonds is 3. The normalized spacial score (nSPS) is 11.5. The molecular weight excluding hydrogens is 242 g/mol. The van der Waals surface area contributed by atoms with E-state index in [1.54, 1.807) is 26.0 Å². The van der Waals surface area contributed by atoms with Crippen molar-refractivity contribution in [3.05, 3.63) is 28.8 Å². The monoisotopic (exact) mass is 259 g/mol. The fourth-order valence-corrected chi connectivity index (χ4v) is 1.58. The molecule has 0 radical (unpaired) electrons. The summed E-state index contributed by atoms with van der Waals surface area (Å²) in [4.78, 5) is 11.1. The predicted molar refractivity (Wildman–Crippen MR) is 68.4 cm³/mol. The van der Waals surface area contributed by atoms with Crippen molar-refractivity contribution >= 4 is 18.4 Å². The second-order valence-corrected chi connectivity index (χ2v) is 3.89. The first kappa shape index (κ1) is 15.7. The Morgan fingerprint density at radius 2 is 1.88 bits per heavy atom. The van der Waals surface area contributed by atoms with Crippen LogP contribution in [0.4, 0.5) is 0 Å². The summed E-state index contributed by atoms with van der Waals surface area (Å²) in [5.74, 6) is -0.0649. The molecule has 3 N–H and O–H groups in total. The zero-order valence-corrected chi connectivity index (χ0v) is 11.0. The molecule has 1 aromatic rings. The summed E-state index contributed by atoms with van der Waals surface area (Å²) in [5, 5.41) is 9.61. The van der Waals surface area contributed by atoms with Gasteiger partial charge in [-0.1, -0.05) is 12.1 Å². The zero-order chi connectivity index (χ0) is 12.3. The molecule has 1 aromatic carbocycles. The highest BCUT2D eigenvalue weighted by Crippen LogP contribution is 2.26. The molecular formula is C12H18ClNO3. The lowest BCUT2D eigenvalue weighted by Gasteiger charge is -2.13. The topological polar surface area (TPSA) is 72.5 Å². The predicted octanol–water partition coefficient (Wildman–Crippen LogP) is 1.99. The summed E-state index contributed by atoms with van der Waals surface area (Å²) in [7, 11) is 1.34. The van der Waals surface area contributed by atoms with Gasteiger partial charge in [0.1, 0.15) is 5.75 Å². The number of esters is 1. The van der Waals surface area contributed by atoms with Crippen LogP contribution in [0.2, 0.25) is 0 Å². The number of aryl methyl sites for hydroxylation is 2. The summed E-state index contributed by atoms with van der Waals surface area (Å²) < 4.78 is 4.56. The molecule has 0 amide bonds. The largest absolute Gasteiger partial charge is 0.507 e. The summed E-state index contributed by atoms with van der Waals surface area (Å²) in [6.07, 6.45) is 0.139. The number of hydrogen-bond donors (Lipinski definition) is 2. The third kappa shape index (κ3) is 3.91. The first-order valence-electron chi connectivity index (χ1n) is 5.08. The summed E-state index contributed by atoms with van der Waals surface area (Å²) in [6, 6.07) is 3.18. The van der Waals surface area contributed by atoms with E-state index in [0.717, 1.165) is 16.7 Å². The molecule has 0 saturated carbocycles. The van der Waals surface area contributed by atoms with Gasteiger partial charge in [0, 0.05) is 6.04 Å². The Hall–Kier alpha value is -1.26. The Balaban J connectivity index is 0.00000256. The molecule has 0 fully saturated rings. The van der Waals surface area contributed by atoms with E-state index >= 15 is 0 Å². The highest BCUT2D eigenvalue weighted by Gasteiger charge is 2.14. The minimum Gasteiger partial charge on any atom is -0.507 e. The Kier molecular flexibility index (Phi) is 5.99. The Labute approximate surface area is 107 Å². The fraction of sp³-hybridized carbons (Fsp3) is 0.417. The number of methoxy groups -OCH3 is 1. The average molecular weight is 260 g/mol. The van der Waals surface area contributed by atoms with Crippen molar-refractivity contribution in [2.24, 2.45) is 5.73 Å². The van der Waals surface area contributed by atoms with Crippen LogP contribution in [0.25, 0.3) is 0 Å². The van der Waals surface area contributed by atoms with Crippen LogP contribution in [0.1, 0.15) is 29.2 Å². The third-order valence-corrected chi connectivity index (χ3v) is 2.56. The number of halogens is 1. The molecule has 17 heavy (non-hydrogen) atoms. The highest BCUT2D eigenvalue weighted by atomic mass is 35.5. The smallest absolute Gasteiger partial charge is 0.307 e. The van der Waals surface area contributed by atoms with E-state index in [1.165, 1.54) is 7.11 Å². The summed E-state index contributed by atoms with van der Waals surface area (Å²) in [5.41, 5.74) is 8.23. The van der Waals surface area contributed by atoms with E-state index in [1.807, 2.05) is 0 Å². The molecule has 96 valence electrons. The van der Waals surface area contributed by atoms with Gasteiger partial charge >= 0.3 is 5.97 Å². The van der Waals surface area contributed by atoms with Gasteiger partial charge in [-0.05, 0) is 30.5 Å². The van der Waals surface area contributed by atoms with Crippen LogP contribution in [0.3, 0.4) is 0 Å². The Morgan fingerprint density at radius 3 is 2.29 bits per heavy atom. The maximum absolute atomic E-state index is 11.1. The average Bonchev–Trinajstić information content (AvgIpc) is 2.24. The first-order chi connectivity index (χ1) is 7.45. The van der Waals surface area contributed by atoms with Crippen LogP contribution >= 0.6 is 12.4 Å². The maximum Gasteiger partial charge on any atom is 0.307 e. The molecule has 4 nitrogen and oxygen atoms in total. The standard InChI is InChI=1S/C12H17NO3.ClH/c1-7-4-9(5-8(2)12(7)15)10(13)6-11(14)16-3;/h4-5,10,15H,6,13H2,1-3H3;1H/t10-;/m1./s1. The number of ether oxygens (including phenoxy) is 1. The molecule has 0 unspecified atom stereocenters. The van der Waals surface area contributed by atoms with Gasteiger partial charge in [0.2, 0.25) is 0 Å². The SMILES string of the molecule is COC(=O)C[C@@H](N)c1cc(C)c(O)c(C)c1.Cl. The van der Waals surface area contributed by atoms with Gasteiger partial charge in [-0.25, -0.2) is 0 Å². The first-order valence-corrected chi connectivity index (χ1v) is 5.08. The van der Waals surface area contributed by atoms with Crippen molar-refractivity contribution in [3.8, 4) is 5.75 Å². The van der Waals surface area contributed by atoms with Gasteiger partial charge in [0.05, 0.1) is 13.5 Å². The van der Waals surface area contributed by atoms with Gasteiger partial charge in [-0.3, -0.25) is 4.79 Å². The van der Waals surface area contributed by atoms with E-state index in [9.17, 15) is 9.90 Å². The molecule has 0 aliphatic heterocycles. The molecule has 0 aliphatic carbocycles. The second-order valence-electron chi connectivity index (χ2n) is 3.89. The van der Waals surface area contributed by atoms with Gasteiger partial charge in [-0.15, -0.1) is 12.4 Å². The molecule has 1 rings (SSSR count). The Bertz CT molecular complexity index is 384. The minimum absolute atomic E-state index is 0. The maximum atomic E-state index is 11.1. The minimum atomic E-state index is -0.398. The van der Waals surface area contributed by atoms with Gasteiger partial charge in [0.25, 0.3) is 0 Å². The van der Waals surface area contributed by atoms with Crippen molar-refractivity contribution < 1.29 is 14.6 Å². The van der Waals surface area contributed by atoms with E-state index in [4.69, 9.17) is 5.73 Å². The lowest BCUT2D eigenvalue weighted by atomic mass is 9.99. The molecule has 0 saturated heterocycles. The number of benzene rings is 1. The number of carbonyl (C=O) groups is 1. The number of phenols is 1. The third-order valence-electron chi connectivity index (χ3n) is 2.56. The molecule has 0 aromatic heterocycles. The van der Waals surface area contributed by atoms with Crippen LogP contribution in [0.15, 0.2) is 12.1 Å². The van der Waals surface area contributed by atoms with Crippen molar-refractivity contribution in [2.45, 2.75) is 26.3 Å². The number of hydrogen-bond acceptors (Lipinski definition) is 4. The fourth-order valence-electron chi connectivity index (χ4n) is 1.58. The molecule has 0 heterocycles. The van der Waals surface area contributed by atoms with Crippen molar-refractivity contribution in [1.82, 2.24) is 0 Å². The molecule has 5 heteroatoms. The molecule has 1 atom stereocenters. The van der Waals surface area contributed by atoms with Crippen LogP contribution in [-0.4, -0.2) is 18.2 Å². The Morgan fingerprint density at radius 1 is 1.41 bits per heavy atom. The summed E-state index contributed by atoms with van der Waals surface area (Å²) >= 11 is 0. The van der Waals surface area contributed by atoms with E-state index < -0.39 is 6.04 Å².